The van der Waals surface area contributed by atoms with E-state index in [1.54, 1.807) is 12.1 Å². The molecular weight excluding hydrogens is 653 g/mol. The number of para-hydroxylation sites is 1. The summed E-state index contributed by atoms with van der Waals surface area (Å²) in [5.41, 5.74) is 0.652. The lowest BCUT2D eigenvalue weighted by Gasteiger charge is -2.29. The van der Waals surface area contributed by atoms with Crippen LogP contribution in [0.1, 0.15) is 36.8 Å². The first-order chi connectivity index (χ1) is 21.7. The van der Waals surface area contributed by atoms with Crippen molar-refractivity contribution in [1.29, 1.82) is 0 Å². The van der Waals surface area contributed by atoms with Crippen molar-refractivity contribution in [2.75, 3.05) is 30.9 Å². The molecular formula is C29H32F9N5O4. The largest absolute Gasteiger partial charge is 0.490 e. The van der Waals surface area contributed by atoms with Crippen LogP contribution in [0, 0.1) is 5.92 Å². The molecule has 3 aromatic rings. The van der Waals surface area contributed by atoms with Crippen LogP contribution in [-0.2, 0) is 22.3 Å². The Morgan fingerprint density at radius 3 is 1.83 bits per heavy atom. The number of fused-ring (bicyclic) bond motifs is 1. The molecule has 4 rings (SSSR count). The molecule has 1 fully saturated rings. The number of benzene rings is 2. The fraction of sp³-hybridized carbons (Fsp3) is 0.448. The Labute approximate surface area is 262 Å². The zero-order chi connectivity index (χ0) is 35.6. The molecule has 9 nitrogen and oxygen atoms in total. The molecule has 0 radical (unpaired) electrons. The lowest BCUT2D eigenvalue weighted by atomic mass is 9.86. The van der Waals surface area contributed by atoms with Gasteiger partial charge in [0.1, 0.15) is 5.82 Å². The number of nitrogens with zero attached hydrogens (tertiary/aromatic N) is 3. The van der Waals surface area contributed by atoms with E-state index >= 15 is 0 Å². The van der Waals surface area contributed by atoms with Crippen molar-refractivity contribution in [1.82, 2.24) is 15.3 Å². The first kappa shape index (κ1) is 38.8. The minimum absolute atomic E-state index is 0.228. The van der Waals surface area contributed by atoms with Gasteiger partial charge in [-0.3, -0.25) is 0 Å². The van der Waals surface area contributed by atoms with Gasteiger partial charge in [-0.25, -0.2) is 14.6 Å². The number of hydrogen-bond acceptors (Lipinski definition) is 7. The van der Waals surface area contributed by atoms with Crippen molar-refractivity contribution in [3.05, 3.63) is 59.7 Å². The van der Waals surface area contributed by atoms with Crippen molar-refractivity contribution in [2.24, 2.45) is 5.92 Å². The molecule has 1 saturated carbocycles. The maximum absolute atomic E-state index is 13.2. The molecule has 47 heavy (non-hydrogen) atoms. The number of hydrogen-bond donors (Lipinski definition) is 4. The minimum Gasteiger partial charge on any atom is -0.475 e. The third-order valence-corrected chi connectivity index (χ3v) is 6.74. The number of carbonyl (C=O) groups is 2. The second-order valence-electron chi connectivity index (χ2n) is 10.5. The predicted octanol–water partition coefficient (Wildman–Crippen LogP) is 6.74. The topological polar surface area (TPSA) is 128 Å². The molecule has 1 aliphatic rings. The van der Waals surface area contributed by atoms with Gasteiger partial charge >= 0.3 is 30.5 Å². The number of rotatable bonds is 7. The van der Waals surface area contributed by atoms with Crippen LogP contribution in [0.15, 0.2) is 48.5 Å². The number of aliphatic carboxylic acids is 2. The second-order valence-corrected chi connectivity index (χ2v) is 10.5. The van der Waals surface area contributed by atoms with Crippen molar-refractivity contribution in [2.45, 2.75) is 56.8 Å². The molecule has 1 aromatic heterocycles. The first-order valence-corrected chi connectivity index (χ1v) is 13.9. The maximum atomic E-state index is 13.2. The van der Waals surface area contributed by atoms with Gasteiger partial charge in [0.05, 0.1) is 11.1 Å². The van der Waals surface area contributed by atoms with E-state index in [0.717, 1.165) is 55.0 Å². The molecule has 0 atom stereocenters. The van der Waals surface area contributed by atoms with Crippen molar-refractivity contribution in [3.8, 4) is 0 Å². The van der Waals surface area contributed by atoms with E-state index in [4.69, 9.17) is 24.8 Å². The van der Waals surface area contributed by atoms with Crippen LogP contribution in [0.2, 0.25) is 0 Å². The Morgan fingerprint density at radius 2 is 1.32 bits per heavy atom. The molecule has 0 saturated heterocycles. The fourth-order valence-corrected chi connectivity index (χ4v) is 4.52. The van der Waals surface area contributed by atoms with Gasteiger partial charge in [0, 0.05) is 32.1 Å². The summed E-state index contributed by atoms with van der Waals surface area (Å²) in [5.74, 6) is -3.53. The predicted molar refractivity (Wildman–Crippen MR) is 154 cm³/mol. The van der Waals surface area contributed by atoms with Crippen LogP contribution in [0.3, 0.4) is 0 Å². The average Bonchev–Trinajstić information content (AvgIpc) is 2.97. The van der Waals surface area contributed by atoms with Crippen LogP contribution in [0.25, 0.3) is 10.9 Å². The quantitative estimate of drug-likeness (QED) is 0.200. The molecule has 18 heteroatoms. The summed E-state index contributed by atoms with van der Waals surface area (Å²) < 4.78 is 103. The van der Waals surface area contributed by atoms with Crippen molar-refractivity contribution >= 4 is 34.6 Å². The van der Waals surface area contributed by atoms with Crippen LogP contribution in [-0.4, -0.2) is 71.2 Å². The van der Waals surface area contributed by atoms with Crippen LogP contribution < -0.4 is 15.5 Å². The maximum Gasteiger partial charge on any atom is 0.490 e. The number of alkyl halides is 9. The zero-order valence-electron chi connectivity index (χ0n) is 25.0. The fourth-order valence-electron chi connectivity index (χ4n) is 4.52. The zero-order valence-corrected chi connectivity index (χ0v) is 25.0. The molecule has 2 aromatic carbocycles. The monoisotopic (exact) mass is 685 g/mol. The summed E-state index contributed by atoms with van der Waals surface area (Å²) in [6.07, 6.45) is -10.5. The summed E-state index contributed by atoms with van der Waals surface area (Å²) >= 11 is 0. The van der Waals surface area contributed by atoms with Crippen molar-refractivity contribution in [3.63, 3.8) is 0 Å². The first-order valence-electron chi connectivity index (χ1n) is 13.9. The van der Waals surface area contributed by atoms with E-state index in [-0.39, 0.29) is 6.54 Å². The van der Waals surface area contributed by atoms with Gasteiger partial charge in [-0.2, -0.15) is 44.5 Å². The van der Waals surface area contributed by atoms with Gasteiger partial charge in [-0.15, -0.1) is 0 Å². The standard InChI is InChI=1S/C25H30F3N5.2C2HF3O2/c1-33(2)23-20-8-4-6-10-22(20)31-24(32-23)30-19-13-11-17(12-14-19)15-29-16-18-7-3-5-9-21(18)25(26,27)28;2*3-2(4,5)1(6)7/h3-10,17,19,29H,11-16H2,1-2H3,(H,30,31,32);2*(H,6,7)/t17-,19+;;. The van der Waals surface area contributed by atoms with Crippen LogP contribution in [0.5, 0.6) is 0 Å². The molecule has 0 unspecified atom stereocenters. The number of halogens is 9. The van der Waals surface area contributed by atoms with E-state index in [1.807, 2.05) is 43.3 Å². The molecule has 1 aliphatic carbocycles. The molecule has 0 bridgehead atoms. The van der Waals surface area contributed by atoms with Crippen LogP contribution in [0.4, 0.5) is 51.3 Å². The van der Waals surface area contributed by atoms with Crippen LogP contribution >= 0.6 is 0 Å². The highest BCUT2D eigenvalue weighted by atomic mass is 19.4. The molecule has 4 N–H and O–H groups in total. The summed E-state index contributed by atoms with van der Waals surface area (Å²) in [5, 5.41) is 22.0. The average molecular weight is 686 g/mol. The number of carboxylic acids is 2. The molecule has 0 spiro atoms. The van der Waals surface area contributed by atoms with E-state index in [1.165, 1.54) is 6.07 Å². The van der Waals surface area contributed by atoms with Crippen molar-refractivity contribution < 1.29 is 59.3 Å². The van der Waals surface area contributed by atoms with E-state index in [2.05, 4.69) is 15.6 Å². The third kappa shape index (κ3) is 12.8. The number of carboxylic acid groups (broad SMARTS) is 2. The summed E-state index contributed by atoms with van der Waals surface area (Å²) in [4.78, 5) is 29.2. The normalized spacial score (nSPS) is 16.7. The third-order valence-electron chi connectivity index (χ3n) is 6.74. The molecule has 1 heterocycles. The van der Waals surface area contributed by atoms with Gasteiger partial charge in [0.2, 0.25) is 5.95 Å². The Bertz CT molecular complexity index is 1450. The number of aromatic nitrogens is 2. The van der Waals surface area contributed by atoms with Gasteiger partial charge in [0.25, 0.3) is 0 Å². The van der Waals surface area contributed by atoms with E-state index in [0.29, 0.717) is 23.5 Å². The summed E-state index contributed by atoms with van der Waals surface area (Å²) in [6.45, 7) is 0.947. The highest BCUT2D eigenvalue weighted by molar-refractivity contribution is 5.90. The minimum atomic E-state index is -5.08. The highest BCUT2D eigenvalue weighted by Gasteiger charge is 2.39. The Hall–Kier alpha value is -4.35. The van der Waals surface area contributed by atoms with Gasteiger partial charge in [-0.05, 0) is 61.9 Å². The Kier molecular flexibility index (Phi) is 13.6. The number of nitrogens with one attached hydrogen (secondary N) is 2. The SMILES string of the molecule is CN(C)c1nc(N[C@H]2CC[C@@H](CNCc3ccccc3C(F)(F)F)CC2)nc2ccccc12.O=C(O)C(F)(F)F.O=C(O)C(F)(F)F. The molecule has 0 aliphatic heterocycles. The number of anilines is 2. The summed E-state index contributed by atoms with van der Waals surface area (Å²) in [6, 6.07) is 14.1. The van der Waals surface area contributed by atoms with Gasteiger partial charge in [0.15, 0.2) is 0 Å². The molecule has 0 amide bonds. The van der Waals surface area contributed by atoms with Gasteiger partial charge in [-0.1, -0.05) is 30.3 Å². The lowest BCUT2D eigenvalue weighted by Crippen LogP contribution is -2.32. The van der Waals surface area contributed by atoms with Gasteiger partial charge < -0.3 is 25.7 Å². The van der Waals surface area contributed by atoms with E-state index in [9.17, 15) is 39.5 Å². The highest BCUT2D eigenvalue weighted by Crippen LogP contribution is 2.32. The lowest BCUT2D eigenvalue weighted by molar-refractivity contribution is -0.193. The van der Waals surface area contributed by atoms with E-state index < -0.39 is 36.0 Å². The summed E-state index contributed by atoms with van der Waals surface area (Å²) in [7, 11) is 3.95. The second kappa shape index (κ2) is 16.5. The Balaban J connectivity index is 0.000000459. The Morgan fingerprint density at radius 1 is 0.809 bits per heavy atom. The smallest absolute Gasteiger partial charge is 0.475 e. The molecule has 260 valence electrons.